The molecular weight excluding hydrogens is 373 g/mol. The van der Waals surface area contributed by atoms with Crippen molar-refractivity contribution in [1.29, 1.82) is 0 Å². The molecule has 1 fully saturated rings. The smallest absolute Gasteiger partial charge is 0.313 e. The van der Waals surface area contributed by atoms with Gasteiger partial charge < -0.3 is 5.32 Å². The SMILES string of the molecule is CC(F)(c1ccc2c(c1)CCC1NCCC21Cc1ccc(F)cc1)C(F)(F)F. The highest BCUT2D eigenvalue weighted by Crippen LogP contribution is 2.48. The summed E-state index contributed by atoms with van der Waals surface area (Å²) >= 11 is 0. The minimum atomic E-state index is -4.96. The van der Waals surface area contributed by atoms with Crippen LogP contribution in [0.1, 0.15) is 42.0 Å². The van der Waals surface area contributed by atoms with E-state index in [4.69, 9.17) is 0 Å². The van der Waals surface area contributed by atoms with E-state index in [9.17, 15) is 22.0 Å². The largest absolute Gasteiger partial charge is 0.426 e. The number of alkyl halides is 4. The third-order valence-electron chi connectivity index (χ3n) is 6.48. The molecule has 0 amide bonds. The Morgan fingerprint density at radius 3 is 2.46 bits per heavy atom. The van der Waals surface area contributed by atoms with Crippen LogP contribution in [0.3, 0.4) is 0 Å². The van der Waals surface area contributed by atoms with E-state index in [1.165, 1.54) is 24.3 Å². The van der Waals surface area contributed by atoms with Gasteiger partial charge >= 0.3 is 6.18 Å². The van der Waals surface area contributed by atoms with E-state index in [2.05, 4.69) is 5.32 Å². The van der Waals surface area contributed by atoms with Gasteiger partial charge in [0.2, 0.25) is 5.67 Å². The number of aryl methyl sites for hydroxylation is 1. The lowest BCUT2D eigenvalue weighted by Gasteiger charge is -2.42. The van der Waals surface area contributed by atoms with E-state index in [1.807, 2.05) is 0 Å². The van der Waals surface area contributed by atoms with Crippen LogP contribution < -0.4 is 5.32 Å². The zero-order valence-corrected chi connectivity index (χ0v) is 15.5. The number of halogens is 5. The summed E-state index contributed by atoms with van der Waals surface area (Å²) in [6.45, 7) is 1.39. The Hall–Kier alpha value is -1.95. The van der Waals surface area contributed by atoms with Crippen molar-refractivity contribution in [2.24, 2.45) is 0 Å². The fourth-order valence-corrected chi connectivity index (χ4v) is 4.85. The third-order valence-corrected chi connectivity index (χ3v) is 6.48. The number of rotatable bonds is 3. The van der Waals surface area contributed by atoms with Gasteiger partial charge in [0, 0.05) is 11.5 Å². The van der Waals surface area contributed by atoms with Crippen molar-refractivity contribution in [2.45, 2.75) is 55.9 Å². The first-order valence-corrected chi connectivity index (χ1v) is 9.51. The average molecular weight is 395 g/mol. The first kappa shape index (κ1) is 19.4. The minimum Gasteiger partial charge on any atom is -0.313 e. The van der Waals surface area contributed by atoms with E-state index >= 15 is 0 Å². The molecule has 1 aliphatic heterocycles. The van der Waals surface area contributed by atoms with Gasteiger partial charge in [0.25, 0.3) is 0 Å². The standard InChI is InChI=1S/C22H22F5N/c1-20(24,22(25,26)27)16-5-8-18-15(12-16)4-9-19-21(18,10-11-28-19)13-14-2-6-17(23)7-3-14/h2-3,5-8,12,19,28H,4,9-11,13H2,1H3. The van der Waals surface area contributed by atoms with Crippen molar-refractivity contribution in [3.63, 3.8) is 0 Å². The Bertz CT molecular complexity index is 871. The number of fused-ring (bicyclic) bond motifs is 3. The topological polar surface area (TPSA) is 12.0 Å². The Balaban J connectivity index is 1.76. The molecule has 1 N–H and O–H groups in total. The second kappa shape index (κ2) is 6.55. The molecule has 1 heterocycles. The molecule has 1 nitrogen and oxygen atoms in total. The molecule has 2 aromatic carbocycles. The molecule has 0 saturated carbocycles. The number of benzene rings is 2. The monoisotopic (exact) mass is 395 g/mol. The summed E-state index contributed by atoms with van der Waals surface area (Å²) in [6, 6.07) is 10.9. The Kier molecular flexibility index (Phi) is 4.53. The van der Waals surface area contributed by atoms with E-state index < -0.39 is 11.8 Å². The first-order valence-electron chi connectivity index (χ1n) is 9.51. The van der Waals surface area contributed by atoms with Gasteiger partial charge in [0.15, 0.2) is 0 Å². The average Bonchev–Trinajstić information content (AvgIpc) is 3.06. The highest BCUT2D eigenvalue weighted by atomic mass is 19.4. The predicted octanol–water partition coefficient (Wildman–Crippen LogP) is 5.36. The zero-order valence-electron chi connectivity index (χ0n) is 15.5. The van der Waals surface area contributed by atoms with Crippen LogP contribution in [0.15, 0.2) is 42.5 Å². The number of hydrogen-bond acceptors (Lipinski definition) is 1. The van der Waals surface area contributed by atoms with E-state index in [0.717, 1.165) is 36.1 Å². The van der Waals surface area contributed by atoms with E-state index in [0.29, 0.717) is 19.8 Å². The van der Waals surface area contributed by atoms with Crippen LogP contribution in [-0.2, 0) is 23.9 Å². The highest BCUT2D eigenvalue weighted by Gasteiger charge is 2.54. The molecule has 1 saturated heterocycles. The van der Waals surface area contributed by atoms with E-state index in [1.54, 1.807) is 18.2 Å². The molecule has 1 aliphatic carbocycles. The fourth-order valence-electron chi connectivity index (χ4n) is 4.85. The number of hydrogen-bond donors (Lipinski definition) is 1. The van der Waals surface area contributed by atoms with Crippen LogP contribution in [0.25, 0.3) is 0 Å². The number of nitrogens with one attached hydrogen (secondary N) is 1. The Morgan fingerprint density at radius 1 is 1.07 bits per heavy atom. The van der Waals surface area contributed by atoms with Gasteiger partial charge in [-0.2, -0.15) is 13.2 Å². The van der Waals surface area contributed by atoms with Crippen LogP contribution in [0.4, 0.5) is 22.0 Å². The second-order valence-corrected chi connectivity index (χ2v) is 8.13. The van der Waals surface area contributed by atoms with Gasteiger partial charge in [0.1, 0.15) is 5.82 Å². The van der Waals surface area contributed by atoms with E-state index in [-0.39, 0.29) is 22.8 Å². The molecule has 150 valence electrons. The van der Waals surface area contributed by atoms with Gasteiger partial charge in [0.05, 0.1) is 0 Å². The molecule has 0 radical (unpaired) electrons. The first-order chi connectivity index (χ1) is 13.1. The van der Waals surface area contributed by atoms with Gasteiger partial charge in [-0.15, -0.1) is 0 Å². The molecule has 3 unspecified atom stereocenters. The van der Waals surface area contributed by atoms with Crippen LogP contribution >= 0.6 is 0 Å². The summed E-state index contributed by atoms with van der Waals surface area (Å²) in [5.41, 5.74) is -1.24. The van der Waals surface area contributed by atoms with Crippen LogP contribution in [0.2, 0.25) is 0 Å². The molecule has 28 heavy (non-hydrogen) atoms. The van der Waals surface area contributed by atoms with Gasteiger partial charge in [-0.1, -0.05) is 30.3 Å². The third kappa shape index (κ3) is 3.02. The summed E-state index contributed by atoms with van der Waals surface area (Å²) in [6.07, 6.45) is -2.05. The normalized spacial score (nSPS) is 26.4. The Morgan fingerprint density at radius 2 is 1.79 bits per heavy atom. The van der Waals surface area contributed by atoms with Crippen LogP contribution in [0.5, 0.6) is 0 Å². The molecule has 4 rings (SSSR count). The van der Waals surface area contributed by atoms with Crippen molar-refractivity contribution in [3.8, 4) is 0 Å². The molecule has 2 aromatic rings. The quantitative estimate of drug-likeness (QED) is 0.690. The van der Waals surface area contributed by atoms with Gasteiger partial charge in [-0.3, -0.25) is 0 Å². The maximum absolute atomic E-state index is 14.5. The summed E-state index contributed by atoms with van der Waals surface area (Å²) < 4.78 is 67.2. The summed E-state index contributed by atoms with van der Waals surface area (Å²) in [5.74, 6) is -0.301. The van der Waals surface area contributed by atoms with Crippen molar-refractivity contribution < 1.29 is 22.0 Å². The van der Waals surface area contributed by atoms with Crippen LogP contribution in [0, 0.1) is 5.82 Å². The molecule has 2 aliphatic rings. The maximum atomic E-state index is 14.5. The molecule has 6 heteroatoms. The van der Waals surface area contributed by atoms with Gasteiger partial charge in [-0.05, 0) is 73.5 Å². The molecule has 3 atom stereocenters. The lowest BCUT2D eigenvalue weighted by Crippen LogP contribution is -2.46. The molecular formula is C22H22F5N. The lowest BCUT2D eigenvalue weighted by atomic mass is 9.63. The van der Waals surface area contributed by atoms with Crippen molar-refractivity contribution >= 4 is 0 Å². The van der Waals surface area contributed by atoms with Crippen molar-refractivity contribution in [2.75, 3.05) is 6.54 Å². The molecule has 0 bridgehead atoms. The molecule has 0 spiro atoms. The van der Waals surface area contributed by atoms with Gasteiger partial charge in [-0.25, -0.2) is 8.78 Å². The lowest BCUT2D eigenvalue weighted by molar-refractivity contribution is -0.228. The zero-order chi connectivity index (χ0) is 20.2. The highest BCUT2D eigenvalue weighted by molar-refractivity contribution is 5.45. The summed E-state index contributed by atoms with van der Waals surface area (Å²) in [4.78, 5) is 0. The van der Waals surface area contributed by atoms with Crippen molar-refractivity contribution in [1.82, 2.24) is 5.32 Å². The minimum absolute atomic E-state index is 0.204. The maximum Gasteiger partial charge on any atom is 0.426 e. The summed E-state index contributed by atoms with van der Waals surface area (Å²) in [7, 11) is 0. The summed E-state index contributed by atoms with van der Waals surface area (Å²) in [5, 5.41) is 3.51. The predicted molar refractivity (Wildman–Crippen MR) is 97.5 cm³/mol. The Labute approximate surface area is 161 Å². The van der Waals surface area contributed by atoms with Crippen LogP contribution in [-0.4, -0.2) is 18.8 Å². The fraction of sp³-hybridized carbons (Fsp3) is 0.455. The second-order valence-electron chi connectivity index (χ2n) is 8.13. The molecule has 0 aromatic heterocycles. The van der Waals surface area contributed by atoms with Crippen molar-refractivity contribution in [3.05, 3.63) is 70.5 Å².